The highest BCUT2D eigenvalue weighted by atomic mass is 79.9. The third kappa shape index (κ3) is 2.98. The molecular weight excluding hydrogens is 212 g/mol. The van der Waals surface area contributed by atoms with Crippen molar-refractivity contribution in [3.8, 4) is 0 Å². The zero-order valence-electron chi connectivity index (χ0n) is 7.89. The highest BCUT2D eigenvalue weighted by molar-refractivity contribution is 9.10. The van der Waals surface area contributed by atoms with Crippen molar-refractivity contribution in [3.05, 3.63) is 34.3 Å². The maximum absolute atomic E-state index is 3.55. The molecule has 0 spiro atoms. The predicted molar refractivity (Wildman–Crippen MR) is 57.3 cm³/mol. The van der Waals surface area contributed by atoms with Gasteiger partial charge in [0.15, 0.2) is 0 Å². The quantitative estimate of drug-likeness (QED) is 0.679. The van der Waals surface area contributed by atoms with Crippen LogP contribution in [0.25, 0.3) is 0 Å². The summed E-state index contributed by atoms with van der Waals surface area (Å²) in [5.74, 6) is 0. The summed E-state index contributed by atoms with van der Waals surface area (Å²) in [4.78, 5) is 0. The van der Waals surface area contributed by atoms with E-state index in [1.54, 1.807) is 0 Å². The van der Waals surface area contributed by atoms with Crippen LogP contribution in [0, 0.1) is 5.41 Å². The van der Waals surface area contributed by atoms with Gasteiger partial charge in [-0.25, -0.2) is 0 Å². The van der Waals surface area contributed by atoms with E-state index in [1.807, 2.05) is 0 Å². The van der Waals surface area contributed by atoms with Gasteiger partial charge < -0.3 is 0 Å². The lowest BCUT2D eigenvalue weighted by Gasteiger charge is -2.18. The second-order valence-corrected chi connectivity index (χ2v) is 5.18. The Morgan fingerprint density at radius 2 is 1.75 bits per heavy atom. The Labute approximate surface area is 83.1 Å². The fourth-order valence-electron chi connectivity index (χ4n) is 1.21. The fourth-order valence-corrected chi connectivity index (χ4v) is 1.64. The summed E-state index contributed by atoms with van der Waals surface area (Å²) >= 11 is 3.55. The molecule has 0 aliphatic carbocycles. The van der Waals surface area contributed by atoms with Crippen LogP contribution in [0.15, 0.2) is 28.7 Å². The van der Waals surface area contributed by atoms with Crippen LogP contribution in [0.1, 0.15) is 26.3 Å². The Balaban J connectivity index is 2.83. The number of rotatable bonds is 1. The number of benzene rings is 1. The molecule has 0 saturated heterocycles. The molecule has 0 aliphatic rings. The Hall–Kier alpha value is -0.300. The highest BCUT2D eigenvalue weighted by Gasteiger charge is 2.12. The Kier molecular flexibility index (Phi) is 2.94. The minimum absolute atomic E-state index is 0.365. The Morgan fingerprint density at radius 3 is 2.25 bits per heavy atom. The molecule has 0 bridgehead atoms. The molecule has 0 N–H and O–H groups in total. The molecule has 0 atom stereocenters. The van der Waals surface area contributed by atoms with Crippen LogP contribution < -0.4 is 0 Å². The summed E-state index contributed by atoms with van der Waals surface area (Å²) in [5.41, 5.74) is 1.76. The molecule has 0 radical (unpaired) electrons. The van der Waals surface area contributed by atoms with Gasteiger partial charge in [0.1, 0.15) is 0 Å². The van der Waals surface area contributed by atoms with E-state index in [1.165, 1.54) is 10.0 Å². The van der Waals surface area contributed by atoms with E-state index in [-0.39, 0.29) is 0 Å². The van der Waals surface area contributed by atoms with Crippen LogP contribution in [0.2, 0.25) is 0 Å². The highest BCUT2D eigenvalue weighted by Crippen LogP contribution is 2.25. The van der Waals surface area contributed by atoms with E-state index in [4.69, 9.17) is 0 Å². The summed E-state index contributed by atoms with van der Waals surface area (Å²) in [6.45, 7) is 6.77. The van der Waals surface area contributed by atoms with Crippen molar-refractivity contribution in [3.63, 3.8) is 0 Å². The van der Waals surface area contributed by atoms with E-state index in [2.05, 4.69) is 61.0 Å². The van der Waals surface area contributed by atoms with Crippen LogP contribution in [0.4, 0.5) is 0 Å². The van der Waals surface area contributed by atoms with E-state index < -0.39 is 0 Å². The molecule has 0 nitrogen and oxygen atoms in total. The third-order valence-corrected chi connectivity index (χ3v) is 2.45. The van der Waals surface area contributed by atoms with Crippen molar-refractivity contribution < 1.29 is 0 Å². The van der Waals surface area contributed by atoms with Gasteiger partial charge in [-0.05, 0) is 23.5 Å². The SMILES string of the molecule is CC(C)(C)Cc1ccccc1Br. The standard InChI is InChI=1S/C11H15Br/c1-11(2,3)8-9-6-4-5-7-10(9)12/h4-7H,8H2,1-3H3. The molecule has 0 aromatic heterocycles. The van der Waals surface area contributed by atoms with Crippen LogP contribution in [-0.2, 0) is 6.42 Å². The van der Waals surface area contributed by atoms with E-state index in [0.29, 0.717) is 5.41 Å². The molecule has 12 heavy (non-hydrogen) atoms. The van der Waals surface area contributed by atoms with Gasteiger partial charge in [-0.1, -0.05) is 54.9 Å². The lowest BCUT2D eigenvalue weighted by Crippen LogP contribution is -2.09. The third-order valence-electron chi connectivity index (χ3n) is 1.68. The van der Waals surface area contributed by atoms with Crippen LogP contribution >= 0.6 is 15.9 Å². The van der Waals surface area contributed by atoms with Crippen molar-refractivity contribution in [1.29, 1.82) is 0 Å². The fraction of sp³-hybridized carbons (Fsp3) is 0.455. The summed E-state index contributed by atoms with van der Waals surface area (Å²) in [6, 6.07) is 8.42. The maximum atomic E-state index is 3.55. The molecule has 1 aromatic carbocycles. The topological polar surface area (TPSA) is 0 Å². The minimum Gasteiger partial charge on any atom is -0.0619 e. The lowest BCUT2D eigenvalue weighted by atomic mass is 9.88. The number of hydrogen-bond donors (Lipinski definition) is 0. The van der Waals surface area contributed by atoms with E-state index in [0.717, 1.165) is 6.42 Å². The van der Waals surface area contributed by atoms with Crippen molar-refractivity contribution >= 4 is 15.9 Å². The summed E-state index contributed by atoms with van der Waals surface area (Å²) in [7, 11) is 0. The van der Waals surface area contributed by atoms with Gasteiger partial charge in [0.25, 0.3) is 0 Å². The molecule has 0 heterocycles. The molecule has 1 heteroatoms. The number of halogens is 1. The molecule has 0 aliphatic heterocycles. The molecule has 0 saturated carbocycles. The van der Waals surface area contributed by atoms with Gasteiger partial charge in [0.05, 0.1) is 0 Å². The zero-order chi connectivity index (χ0) is 9.19. The summed E-state index contributed by atoms with van der Waals surface area (Å²) in [6.07, 6.45) is 1.12. The van der Waals surface area contributed by atoms with Crippen molar-refractivity contribution in [2.45, 2.75) is 27.2 Å². The van der Waals surface area contributed by atoms with Gasteiger partial charge in [0.2, 0.25) is 0 Å². The van der Waals surface area contributed by atoms with Crippen LogP contribution in [-0.4, -0.2) is 0 Å². The Morgan fingerprint density at radius 1 is 1.17 bits per heavy atom. The summed E-state index contributed by atoms with van der Waals surface area (Å²) < 4.78 is 1.22. The average Bonchev–Trinajstić information content (AvgIpc) is 1.91. The summed E-state index contributed by atoms with van der Waals surface area (Å²) in [5, 5.41) is 0. The average molecular weight is 227 g/mol. The van der Waals surface area contributed by atoms with Gasteiger partial charge in [-0.15, -0.1) is 0 Å². The van der Waals surface area contributed by atoms with Crippen molar-refractivity contribution in [1.82, 2.24) is 0 Å². The van der Waals surface area contributed by atoms with Gasteiger partial charge >= 0.3 is 0 Å². The largest absolute Gasteiger partial charge is 0.0619 e. The molecule has 0 amide bonds. The van der Waals surface area contributed by atoms with Crippen LogP contribution in [0.5, 0.6) is 0 Å². The molecule has 0 unspecified atom stereocenters. The predicted octanol–water partition coefficient (Wildman–Crippen LogP) is 4.04. The molecular formula is C11H15Br. The normalized spacial score (nSPS) is 11.7. The van der Waals surface area contributed by atoms with Crippen molar-refractivity contribution in [2.75, 3.05) is 0 Å². The second kappa shape index (κ2) is 3.61. The van der Waals surface area contributed by atoms with Gasteiger partial charge in [-0.2, -0.15) is 0 Å². The number of hydrogen-bond acceptors (Lipinski definition) is 0. The first-order chi connectivity index (χ1) is 5.49. The second-order valence-electron chi connectivity index (χ2n) is 4.33. The minimum atomic E-state index is 0.365. The Bertz CT molecular complexity index is 258. The first-order valence-electron chi connectivity index (χ1n) is 4.22. The monoisotopic (exact) mass is 226 g/mol. The molecule has 0 fully saturated rings. The smallest absolute Gasteiger partial charge is 0.0207 e. The maximum Gasteiger partial charge on any atom is 0.0207 e. The van der Waals surface area contributed by atoms with Gasteiger partial charge in [-0.3, -0.25) is 0 Å². The van der Waals surface area contributed by atoms with Gasteiger partial charge in [0, 0.05) is 4.47 Å². The van der Waals surface area contributed by atoms with Crippen LogP contribution in [0.3, 0.4) is 0 Å². The van der Waals surface area contributed by atoms with E-state index in [9.17, 15) is 0 Å². The molecule has 66 valence electrons. The first kappa shape index (κ1) is 9.79. The van der Waals surface area contributed by atoms with E-state index >= 15 is 0 Å². The first-order valence-corrected chi connectivity index (χ1v) is 5.02. The zero-order valence-corrected chi connectivity index (χ0v) is 9.48. The van der Waals surface area contributed by atoms with Crippen molar-refractivity contribution in [2.24, 2.45) is 5.41 Å². The molecule has 1 aromatic rings. The molecule has 1 rings (SSSR count). The lowest BCUT2D eigenvalue weighted by molar-refractivity contribution is 0.410.